The van der Waals surface area contributed by atoms with E-state index in [-0.39, 0.29) is 11.6 Å². The van der Waals surface area contributed by atoms with Gasteiger partial charge in [-0.25, -0.2) is 0 Å². The van der Waals surface area contributed by atoms with Gasteiger partial charge in [0, 0.05) is 36.8 Å². The van der Waals surface area contributed by atoms with Gasteiger partial charge in [-0.2, -0.15) is 4.68 Å². The first-order valence-corrected chi connectivity index (χ1v) is 10.7. The Bertz CT molecular complexity index is 1320. The lowest BCUT2D eigenvalue weighted by Crippen LogP contribution is -2.29. The van der Waals surface area contributed by atoms with Crippen molar-refractivity contribution in [2.24, 2.45) is 0 Å². The molecule has 168 valence electrons. The van der Waals surface area contributed by atoms with Crippen molar-refractivity contribution in [1.82, 2.24) is 35.5 Å². The zero-order valence-electron chi connectivity index (χ0n) is 17.6. The first-order chi connectivity index (χ1) is 16.1. The second kappa shape index (κ2) is 9.00. The lowest BCUT2D eigenvalue weighted by Gasteiger charge is -2.24. The predicted octanol–water partition coefficient (Wildman–Crippen LogP) is 2.61. The molecule has 0 saturated carbocycles. The Balaban J connectivity index is 1.55. The standard InChI is InChI=1S/C22H20ClN7O3/c1-13(16-6-7-24-12-17(16)23)26-21(14-2-5-20(31)25-11-14)22-27-28-29-30(22)15-3-4-18-19(10-15)33-9-8-32-18/h2-7,10-13,21,26H,8-9H2,1H3,(H,25,31). The van der Waals surface area contributed by atoms with Crippen molar-refractivity contribution in [2.75, 3.05) is 13.2 Å². The molecule has 33 heavy (non-hydrogen) atoms. The molecule has 1 aliphatic rings. The highest BCUT2D eigenvalue weighted by Gasteiger charge is 2.26. The third-order valence-electron chi connectivity index (χ3n) is 5.35. The Morgan fingerprint density at radius 2 is 2.00 bits per heavy atom. The molecule has 10 nitrogen and oxygen atoms in total. The number of benzene rings is 1. The fraction of sp³-hybridized carbons (Fsp3) is 0.227. The number of halogens is 1. The number of H-pyrrole nitrogens is 1. The van der Waals surface area contributed by atoms with Gasteiger partial charge < -0.3 is 14.5 Å². The molecule has 3 aromatic heterocycles. The SMILES string of the molecule is CC(NC(c1ccc(=O)[nH]c1)c1nnnn1-c1ccc2c(c1)OCCO2)c1ccncc1Cl. The van der Waals surface area contributed by atoms with E-state index in [1.54, 1.807) is 29.3 Å². The number of rotatable bonds is 6. The molecule has 0 saturated heterocycles. The van der Waals surface area contributed by atoms with Gasteiger partial charge in [0.15, 0.2) is 17.3 Å². The van der Waals surface area contributed by atoms with Crippen molar-refractivity contribution in [3.8, 4) is 17.2 Å². The Kier molecular flexibility index (Phi) is 5.76. The minimum absolute atomic E-state index is 0.178. The summed E-state index contributed by atoms with van der Waals surface area (Å²) in [5.74, 6) is 1.83. The van der Waals surface area contributed by atoms with Gasteiger partial charge in [0.1, 0.15) is 13.2 Å². The number of ether oxygens (including phenoxy) is 2. The van der Waals surface area contributed by atoms with Crippen molar-refractivity contribution >= 4 is 11.6 Å². The average Bonchev–Trinajstić information content (AvgIpc) is 3.33. The number of fused-ring (bicyclic) bond motifs is 1. The van der Waals surface area contributed by atoms with Crippen LogP contribution in [-0.4, -0.2) is 43.4 Å². The Labute approximate surface area is 193 Å². The van der Waals surface area contributed by atoms with Crippen LogP contribution in [0.3, 0.4) is 0 Å². The molecule has 0 aliphatic carbocycles. The summed E-state index contributed by atoms with van der Waals surface area (Å²) in [5, 5.41) is 16.5. The average molecular weight is 466 g/mol. The summed E-state index contributed by atoms with van der Waals surface area (Å²) in [5.41, 5.74) is 2.17. The maximum Gasteiger partial charge on any atom is 0.247 e. The van der Waals surface area contributed by atoms with Gasteiger partial charge in [-0.3, -0.25) is 15.1 Å². The van der Waals surface area contributed by atoms with E-state index in [1.807, 2.05) is 31.2 Å². The van der Waals surface area contributed by atoms with Crippen LogP contribution in [0.4, 0.5) is 0 Å². The van der Waals surface area contributed by atoms with Crippen molar-refractivity contribution in [3.05, 3.63) is 87.3 Å². The van der Waals surface area contributed by atoms with Gasteiger partial charge >= 0.3 is 0 Å². The summed E-state index contributed by atoms with van der Waals surface area (Å²) in [6.45, 7) is 2.97. The maximum absolute atomic E-state index is 11.7. The van der Waals surface area contributed by atoms with Gasteiger partial charge in [-0.15, -0.1) is 5.10 Å². The van der Waals surface area contributed by atoms with Gasteiger partial charge in [0.2, 0.25) is 5.56 Å². The van der Waals surface area contributed by atoms with Crippen LogP contribution in [0.5, 0.6) is 11.5 Å². The molecular weight excluding hydrogens is 446 g/mol. The van der Waals surface area contributed by atoms with Crippen LogP contribution in [-0.2, 0) is 0 Å². The molecule has 0 radical (unpaired) electrons. The fourth-order valence-electron chi connectivity index (χ4n) is 3.72. The van der Waals surface area contributed by atoms with Gasteiger partial charge in [0.05, 0.1) is 16.8 Å². The van der Waals surface area contributed by atoms with Crippen molar-refractivity contribution in [3.63, 3.8) is 0 Å². The minimum atomic E-state index is -0.468. The highest BCUT2D eigenvalue weighted by Crippen LogP contribution is 2.33. The molecule has 0 spiro atoms. The zero-order chi connectivity index (χ0) is 22.8. The highest BCUT2D eigenvalue weighted by atomic mass is 35.5. The number of hydrogen-bond donors (Lipinski definition) is 2. The van der Waals surface area contributed by atoms with Gasteiger partial charge in [0.25, 0.3) is 0 Å². The summed E-state index contributed by atoms with van der Waals surface area (Å²) < 4.78 is 13.0. The summed E-state index contributed by atoms with van der Waals surface area (Å²) in [7, 11) is 0. The Morgan fingerprint density at radius 1 is 1.15 bits per heavy atom. The number of tetrazole rings is 1. The molecule has 0 fully saturated rings. The van der Waals surface area contributed by atoms with E-state index >= 15 is 0 Å². The second-order valence-corrected chi connectivity index (χ2v) is 7.89. The van der Waals surface area contributed by atoms with Crippen molar-refractivity contribution in [1.29, 1.82) is 0 Å². The molecule has 0 amide bonds. The molecular formula is C22H20ClN7O3. The molecule has 2 atom stereocenters. The molecule has 5 rings (SSSR count). The smallest absolute Gasteiger partial charge is 0.247 e. The van der Waals surface area contributed by atoms with Gasteiger partial charge in [-0.05, 0) is 46.7 Å². The third kappa shape index (κ3) is 4.30. The second-order valence-electron chi connectivity index (χ2n) is 7.48. The van der Waals surface area contributed by atoms with E-state index in [2.05, 4.69) is 30.8 Å². The number of aromatic amines is 1. The van der Waals surface area contributed by atoms with Crippen LogP contribution in [0.1, 0.15) is 36.0 Å². The van der Waals surface area contributed by atoms with E-state index in [1.165, 1.54) is 6.07 Å². The van der Waals surface area contributed by atoms with E-state index < -0.39 is 6.04 Å². The number of aromatic nitrogens is 6. The van der Waals surface area contributed by atoms with Crippen LogP contribution in [0.25, 0.3) is 5.69 Å². The normalized spacial score (nSPS) is 14.6. The Morgan fingerprint density at radius 3 is 2.79 bits per heavy atom. The summed E-state index contributed by atoms with van der Waals surface area (Å²) in [6, 6.07) is 9.94. The molecule has 1 aromatic carbocycles. The molecule has 0 bridgehead atoms. The lowest BCUT2D eigenvalue weighted by molar-refractivity contribution is 0.171. The fourth-order valence-corrected chi connectivity index (χ4v) is 4.00. The summed E-state index contributed by atoms with van der Waals surface area (Å²) >= 11 is 6.37. The van der Waals surface area contributed by atoms with Crippen LogP contribution >= 0.6 is 11.6 Å². The monoisotopic (exact) mass is 465 g/mol. The van der Waals surface area contributed by atoms with E-state index in [4.69, 9.17) is 21.1 Å². The number of nitrogens with one attached hydrogen (secondary N) is 2. The third-order valence-corrected chi connectivity index (χ3v) is 5.67. The number of nitrogens with zero attached hydrogens (tertiary/aromatic N) is 5. The quantitative estimate of drug-likeness (QED) is 0.446. The molecule has 2 unspecified atom stereocenters. The Hall–Kier alpha value is -3.76. The minimum Gasteiger partial charge on any atom is -0.486 e. The molecule has 4 aromatic rings. The summed E-state index contributed by atoms with van der Waals surface area (Å²) in [4.78, 5) is 18.4. The molecule has 4 heterocycles. The summed E-state index contributed by atoms with van der Waals surface area (Å²) in [6.07, 6.45) is 4.93. The number of hydrogen-bond acceptors (Lipinski definition) is 8. The van der Waals surface area contributed by atoms with Crippen LogP contribution in [0.2, 0.25) is 5.02 Å². The first-order valence-electron chi connectivity index (χ1n) is 10.3. The largest absolute Gasteiger partial charge is 0.486 e. The van der Waals surface area contributed by atoms with Gasteiger partial charge in [-0.1, -0.05) is 17.7 Å². The topological polar surface area (TPSA) is 120 Å². The first kappa shape index (κ1) is 21.1. The van der Waals surface area contributed by atoms with E-state index in [9.17, 15) is 4.79 Å². The predicted molar refractivity (Wildman–Crippen MR) is 120 cm³/mol. The van der Waals surface area contributed by atoms with Crippen LogP contribution in [0, 0.1) is 0 Å². The number of pyridine rings is 2. The maximum atomic E-state index is 11.7. The van der Waals surface area contributed by atoms with Crippen LogP contribution < -0.4 is 20.3 Å². The highest BCUT2D eigenvalue weighted by molar-refractivity contribution is 6.31. The van der Waals surface area contributed by atoms with Crippen molar-refractivity contribution in [2.45, 2.75) is 19.0 Å². The zero-order valence-corrected chi connectivity index (χ0v) is 18.4. The van der Waals surface area contributed by atoms with Crippen molar-refractivity contribution < 1.29 is 9.47 Å². The van der Waals surface area contributed by atoms with E-state index in [0.717, 1.165) is 11.1 Å². The molecule has 11 heteroatoms. The molecule has 1 aliphatic heterocycles. The molecule has 2 N–H and O–H groups in total. The lowest BCUT2D eigenvalue weighted by atomic mass is 10.0. The van der Waals surface area contributed by atoms with E-state index in [0.29, 0.717) is 41.2 Å². The van der Waals surface area contributed by atoms with Crippen LogP contribution in [0.15, 0.2) is 59.8 Å².